The van der Waals surface area contributed by atoms with Gasteiger partial charge in [-0.05, 0) is 73.2 Å². The topological polar surface area (TPSA) is 64.8 Å². The fraction of sp³-hybridized carbons (Fsp3) is 0.719. The van der Waals surface area contributed by atoms with Crippen LogP contribution in [0.5, 0.6) is 0 Å². The Morgan fingerprint density at radius 1 is 0.973 bits per heavy atom. The number of nitrogens with zero attached hydrogens (tertiary/aromatic N) is 3. The molecule has 206 valence electrons. The summed E-state index contributed by atoms with van der Waals surface area (Å²) in [7, 11) is 0. The minimum Gasteiger partial charge on any atom is -0.545 e. The predicted molar refractivity (Wildman–Crippen MR) is 154 cm³/mol. The van der Waals surface area contributed by atoms with Crippen LogP contribution in [0.15, 0.2) is 44.4 Å². The smallest absolute Gasteiger partial charge is 0.0786 e. The highest BCUT2D eigenvalue weighted by Crippen LogP contribution is 2.45. The van der Waals surface area contributed by atoms with Gasteiger partial charge >= 0.3 is 0 Å². The van der Waals surface area contributed by atoms with Crippen molar-refractivity contribution in [3.05, 3.63) is 34.4 Å². The molecule has 4 rings (SSSR count). The van der Waals surface area contributed by atoms with Crippen molar-refractivity contribution in [1.82, 2.24) is 0 Å². The number of carbonyl (C=O) groups excluding carboxylic acids is 1. The molecule has 0 aromatic rings. The molecular formula is C32H51N3O2. The highest BCUT2D eigenvalue weighted by Gasteiger charge is 2.39. The maximum absolute atomic E-state index is 11.5. The number of unbranched alkanes of at least 4 members (excludes halogenated alkanes) is 4. The lowest BCUT2D eigenvalue weighted by atomic mass is 9.73. The minimum atomic E-state index is -1.10. The number of quaternary nitrogens is 1. The van der Waals surface area contributed by atoms with E-state index in [0.29, 0.717) is 24.0 Å². The zero-order valence-electron chi connectivity index (χ0n) is 24.2. The lowest BCUT2D eigenvalue weighted by Crippen LogP contribution is -2.50. The van der Waals surface area contributed by atoms with E-state index in [1.807, 2.05) is 12.2 Å². The second-order valence-corrected chi connectivity index (χ2v) is 11.6. The molecule has 0 saturated heterocycles. The van der Waals surface area contributed by atoms with Gasteiger partial charge in [0.25, 0.3) is 0 Å². The summed E-state index contributed by atoms with van der Waals surface area (Å²) in [6, 6.07) is -0.292. The Balaban J connectivity index is 0.000000210. The van der Waals surface area contributed by atoms with E-state index in [-0.39, 0.29) is 6.04 Å². The van der Waals surface area contributed by atoms with Gasteiger partial charge in [0.1, 0.15) is 0 Å². The van der Waals surface area contributed by atoms with E-state index in [2.05, 4.69) is 44.6 Å². The van der Waals surface area contributed by atoms with E-state index in [4.69, 9.17) is 0 Å². The zero-order valence-corrected chi connectivity index (χ0v) is 24.2. The summed E-state index contributed by atoms with van der Waals surface area (Å²) in [5.41, 5.74) is 4.93. The number of rotatable bonds is 13. The molecule has 1 unspecified atom stereocenters. The first-order chi connectivity index (χ1) is 17.9. The largest absolute Gasteiger partial charge is 0.545 e. The SMILES string of the molecule is CC1C2=C3C4=NC/C3=C/C=N[C@H](C[C@@H]1C4)C(C(=O)[O-])=C2.CCCC[N+](CCCC)(CCCC)CCCC. The van der Waals surface area contributed by atoms with Crippen molar-refractivity contribution in [3.8, 4) is 0 Å². The summed E-state index contributed by atoms with van der Waals surface area (Å²) in [5.74, 6) is -0.321. The first kappa shape index (κ1) is 29.5. The third-order valence-electron chi connectivity index (χ3n) is 8.91. The Bertz CT molecular complexity index is 902. The number of allylic oxidation sites excluding steroid dienone is 3. The third kappa shape index (κ3) is 7.31. The highest BCUT2D eigenvalue weighted by molar-refractivity contribution is 6.09. The molecule has 0 radical (unpaired) electrons. The minimum absolute atomic E-state index is 0.292. The molecule has 5 nitrogen and oxygen atoms in total. The normalized spacial score (nSPS) is 25.3. The summed E-state index contributed by atoms with van der Waals surface area (Å²) < 4.78 is 1.42. The molecule has 37 heavy (non-hydrogen) atoms. The Morgan fingerprint density at radius 2 is 1.54 bits per heavy atom. The average molecular weight is 510 g/mol. The number of aliphatic imine (C=N–C) groups is 2. The molecule has 2 aliphatic carbocycles. The van der Waals surface area contributed by atoms with Crippen LogP contribution in [0.3, 0.4) is 0 Å². The van der Waals surface area contributed by atoms with Gasteiger partial charge in [0.15, 0.2) is 0 Å². The summed E-state index contributed by atoms with van der Waals surface area (Å²) >= 11 is 0. The van der Waals surface area contributed by atoms with Crippen molar-refractivity contribution in [2.45, 2.75) is 105 Å². The van der Waals surface area contributed by atoms with Crippen LogP contribution in [-0.4, -0.2) is 61.1 Å². The molecule has 0 saturated carbocycles. The van der Waals surface area contributed by atoms with Crippen LogP contribution < -0.4 is 5.11 Å². The lowest BCUT2D eigenvalue weighted by Gasteiger charge is -2.39. The molecule has 2 aliphatic heterocycles. The van der Waals surface area contributed by atoms with Gasteiger partial charge in [-0.2, -0.15) is 0 Å². The average Bonchev–Trinajstić information content (AvgIpc) is 3.28. The summed E-state index contributed by atoms with van der Waals surface area (Å²) in [4.78, 5) is 20.6. The molecule has 0 amide bonds. The molecule has 3 bridgehead atoms. The summed E-state index contributed by atoms with van der Waals surface area (Å²) in [6.07, 6.45) is 18.3. The van der Waals surface area contributed by atoms with E-state index in [9.17, 15) is 9.90 Å². The van der Waals surface area contributed by atoms with E-state index in [1.54, 1.807) is 6.21 Å². The summed E-state index contributed by atoms with van der Waals surface area (Å²) in [6.45, 7) is 17.9. The number of aliphatic carboxylic acids is 1. The fourth-order valence-corrected chi connectivity index (χ4v) is 6.47. The first-order valence-electron chi connectivity index (χ1n) is 15.2. The van der Waals surface area contributed by atoms with Gasteiger partial charge in [0.2, 0.25) is 0 Å². The van der Waals surface area contributed by atoms with Gasteiger partial charge in [-0.25, -0.2) is 0 Å². The van der Waals surface area contributed by atoms with Crippen molar-refractivity contribution >= 4 is 17.9 Å². The first-order valence-corrected chi connectivity index (χ1v) is 15.2. The maximum atomic E-state index is 11.5. The molecule has 0 N–H and O–H groups in total. The quantitative estimate of drug-likeness (QED) is 0.292. The lowest BCUT2D eigenvalue weighted by molar-refractivity contribution is -0.929. The van der Waals surface area contributed by atoms with Gasteiger partial charge in [-0.1, -0.05) is 66.4 Å². The standard InChI is InChI=1S/C16H16N2O2.C16H36N/c1-8-10-4-13-12(16(19)20)6-11(8)15-9(2-3-17-13)7-18-14(15)5-10;1-5-9-13-17(14-10-6-2,15-11-7-3)16-12-8-4/h2-3,6,8,10,13H,4-5,7H2,1H3,(H,19,20);5-16H2,1-4H3/q;+1/p-1/b9-2-,17-3?;/t8?,10-,13-;/m1./s1. The number of fused-ring (bicyclic) bond motifs is 2. The number of hydrogen-bond donors (Lipinski definition) is 0. The van der Waals surface area contributed by atoms with Gasteiger partial charge < -0.3 is 14.4 Å². The van der Waals surface area contributed by atoms with Gasteiger partial charge in [-0.15, -0.1) is 0 Å². The Labute approximate surface area is 226 Å². The van der Waals surface area contributed by atoms with E-state index in [1.165, 1.54) is 93.2 Å². The van der Waals surface area contributed by atoms with Crippen LogP contribution in [0.25, 0.3) is 0 Å². The van der Waals surface area contributed by atoms with Gasteiger partial charge in [0, 0.05) is 17.5 Å². The van der Waals surface area contributed by atoms with Crippen LogP contribution in [0.2, 0.25) is 0 Å². The number of carbonyl (C=O) groups is 1. The molecule has 0 fully saturated rings. The van der Waals surface area contributed by atoms with E-state index < -0.39 is 5.97 Å². The molecule has 2 heterocycles. The second-order valence-electron chi connectivity index (χ2n) is 11.6. The maximum Gasteiger partial charge on any atom is 0.0786 e. The van der Waals surface area contributed by atoms with Crippen molar-refractivity contribution in [3.63, 3.8) is 0 Å². The second kappa shape index (κ2) is 14.2. The van der Waals surface area contributed by atoms with Crippen molar-refractivity contribution in [2.75, 3.05) is 32.7 Å². The number of carboxylic acids is 1. The number of hydrogen-bond acceptors (Lipinski definition) is 4. The van der Waals surface area contributed by atoms with Crippen LogP contribution in [0.4, 0.5) is 0 Å². The van der Waals surface area contributed by atoms with Crippen LogP contribution >= 0.6 is 0 Å². The molecule has 5 heteroatoms. The van der Waals surface area contributed by atoms with Crippen LogP contribution in [0, 0.1) is 11.8 Å². The van der Waals surface area contributed by atoms with Gasteiger partial charge in [-0.3, -0.25) is 9.98 Å². The highest BCUT2D eigenvalue weighted by atomic mass is 16.4. The number of carboxylic acid groups (broad SMARTS) is 1. The molecule has 0 spiro atoms. The Kier molecular flexibility index (Phi) is 11.4. The predicted octanol–water partition coefficient (Wildman–Crippen LogP) is 5.86. The Hall–Kier alpha value is -2.01. The fourth-order valence-electron chi connectivity index (χ4n) is 6.47. The van der Waals surface area contributed by atoms with Crippen molar-refractivity contribution in [2.24, 2.45) is 21.8 Å². The molecule has 4 aliphatic rings. The van der Waals surface area contributed by atoms with E-state index in [0.717, 1.165) is 24.1 Å². The Morgan fingerprint density at radius 3 is 2.05 bits per heavy atom. The summed E-state index contributed by atoms with van der Waals surface area (Å²) in [5, 5.41) is 11.5. The van der Waals surface area contributed by atoms with E-state index >= 15 is 0 Å². The molecule has 0 aromatic carbocycles. The van der Waals surface area contributed by atoms with Crippen molar-refractivity contribution < 1.29 is 14.4 Å². The molecular weight excluding hydrogens is 458 g/mol. The van der Waals surface area contributed by atoms with Crippen molar-refractivity contribution in [1.29, 1.82) is 0 Å². The van der Waals surface area contributed by atoms with Crippen LogP contribution in [-0.2, 0) is 4.79 Å². The third-order valence-corrected chi connectivity index (χ3v) is 8.91. The molecule has 3 atom stereocenters. The zero-order chi connectivity index (χ0) is 26.8. The van der Waals surface area contributed by atoms with Crippen LogP contribution in [0.1, 0.15) is 98.8 Å². The monoisotopic (exact) mass is 509 g/mol. The van der Waals surface area contributed by atoms with Gasteiger partial charge in [0.05, 0.1) is 44.7 Å². The molecule has 0 aromatic heterocycles.